The number of rotatable bonds is 8. The predicted octanol–water partition coefficient (Wildman–Crippen LogP) is 5.73. The molecule has 1 N–H and O–H groups in total. The van der Waals surface area contributed by atoms with Crippen LogP contribution in [-0.4, -0.2) is 23.7 Å². The molecular formula is C24H35NO4. The molecule has 1 unspecified atom stereocenters. The number of carbonyl (C=O) groups is 2. The minimum Gasteiger partial charge on any atom is -0.459 e. The van der Waals surface area contributed by atoms with Crippen molar-refractivity contribution in [2.45, 2.75) is 66.2 Å². The molecule has 1 aromatic carbocycles. The van der Waals surface area contributed by atoms with Crippen molar-refractivity contribution in [3.8, 4) is 0 Å². The molecule has 0 aliphatic carbocycles. The van der Waals surface area contributed by atoms with Gasteiger partial charge in [0.2, 0.25) is 0 Å². The average Bonchev–Trinajstić information content (AvgIpc) is 2.66. The van der Waals surface area contributed by atoms with Gasteiger partial charge in [-0.05, 0) is 39.7 Å². The van der Waals surface area contributed by atoms with E-state index in [2.05, 4.69) is 11.9 Å². The zero-order valence-corrected chi connectivity index (χ0v) is 18.5. The number of amides is 1. The van der Waals surface area contributed by atoms with Crippen LogP contribution in [0.2, 0.25) is 0 Å². The van der Waals surface area contributed by atoms with Crippen molar-refractivity contribution >= 4 is 12.1 Å². The molecule has 1 amide bonds. The van der Waals surface area contributed by atoms with Crippen LogP contribution in [0.5, 0.6) is 0 Å². The number of hydrogen-bond donors (Lipinski definition) is 1. The first-order valence-electron chi connectivity index (χ1n) is 9.86. The molecule has 1 aromatic rings. The van der Waals surface area contributed by atoms with E-state index in [1.54, 1.807) is 32.9 Å². The molecule has 0 heterocycles. The summed E-state index contributed by atoms with van der Waals surface area (Å²) in [6.07, 6.45) is 6.78. The van der Waals surface area contributed by atoms with Gasteiger partial charge in [0, 0.05) is 0 Å². The molecule has 0 fully saturated rings. The number of allylic oxidation sites excluding steroid dienone is 4. The molecule has 5 heteroatoms. The highest BCUT2D eigenvalue weighted by Crippen LogP contribution is 2.12. The van der Waals surface area contributed by atoms with E-state index in [-0.39, 0.29) is 6.61 Å². The number of alkyl carbamates (subject to hydrolysis) is 1. The van der Waals surface area contributed by atoms with Gasteiger partial charge in [0.05, 0.1) is 0 Å². The molecule has 0 aliphatic heterocycles. The summed E-state index contributed by atoms with van der Waals surface area (Å²) >= 11 is 0. The maximum Gasteiger partial charge on any atom is 0.408 e. The summed E-state index contributed by atoms with van der Waals surface area (Å²) in [4.78, 5) is 24.6. The third kappa shape index (κ3) is 13.1. The lowest BCUT2D eigenvalue weighted by Crippen LogP contribution is -2.44. The summed E-state index contributed by atoms with van der Waals surface area (Å²) in [6, 6.07) is 8.54. The Labute approximate surface area is 175 Å². The average molecular weight is 402 g/mol. The molecule has 160 valence electrons. The normalized spacial score (nSPS) is 12.4. The maximum atomic E-state index is 12.5. The lowest BCUT2D eigenvalue weighted by molar-refractivity contribution is -0.147. The predicted molar refractivity (Wildman–Crippen MR) is 118 cm³/mol. The smallest absolute Gasteiger partial charge is 0.408 e. The van der Waals surface area contributed by atoms with Crippen molar-refractivity contribution in [3.63, 3.8) is 0 Å². The Bertz CT molecular complexity index is 685. The minimum absolute atomic E-state index is 0.144. The fraction of sp³-hybridized carbons (Fsp3) is 0.417. The van der Waals surface area contributed by atoms with E-state index in [1.807, 2.05) is 63.3 Å². The monoisotopic (exact) mass is 401 g/mol. The van der Waals surface area contributed by atoms with Gasteiger partial charge < -0.3 is 14.8 Å². The lowest BCUT2D eigenvalue weighted by Gasteiger charge is -2.23. The molecule has 0 saturated heterocycles. The van der Waals surface area contributed by atoms with Gasteiger partial charge in [-0.25, -0.2) is 9.59 Å². The largest absolute Gasteiger partial charge is 0.459 e. The molecule has 29 heavy (non-hydrogen) atoms. The Balaban J connectivity index is 0.00000379. The first-order valence-corrected chi connectivity index (χ1v) is 9.86. The van der Waals surface area contributed by atoms with Crippen LogP contribution in [0.15, 0.2) is 66.8 Å². The van der Waals surface area contributed by atoms with Crippen molar-refractivity contribution in [3.05, 3.63) is 72.4 Å². The second-order valence-corrected chi connectivity index (χ2v) is 7.13. The van der Waals surface area contributed by atoms with Crippen LogP contribution in [0.25, 0.3) is 0 Å². The van der Waals surface area contributed by atoms with E-state index >= 15 is 0 Å². The number of hydrogen-bond acceptors (Lipinski definition) is 4. The van der Waals surface area contributed by atoms with Crippen LogP contribution in [0.3, 0.4) is 0 Å². The van der Waals surface area contributed by atoms with Crippen molar-refractivity contribution in [2.24, 2.45) is 0 Å². The van der Waals surface area contributed by atoms with Gasteiger partial charge in [-0.15, -0.1) is 0 Å². The highest BCUT2D eigenvalue weighted by molar-refractivity contribution is 5.81. The third-order valence-corrected chi connectivity index (χ3v) is 3.35. The number of ether oxygens (including phenoxy) is 2. The quantitative estimate of drug-likeness (QED) is 0.446. The zero-order chi connectivity index (χ0) is 22.3. The molecule has 5 nitrogen and oxygen atoms in total. The first-order chi connectivity index (χ1) is 13.7. The summed E-state index contributed by atoms with van der Waals surface area (Å²) in [6.45, 7) is 14.9. The molecule has 0 bridgehead atoms. The van der Waals surface area contributed by atoms with Gasteiger partial charge in [-0.3, -0.25) is 0 Å². The number of nitrogens with one attached hydrogen (secondary N) is 1. The summed E-state index contributed by atoms with van der Waals surface area (Å²) in [5.74, 6) is -0.509. The number of benzene rings is 1. The molecule has 0 radical (unpaired) electrons. The van der Waals surface area contributed by atoms with Crippen molar-refractivity contribution in [1.29, 1.82) is 0 Å². The summed E-state index contributed by atoms with van der Waals surface area (Å²) in [5, 5.41) is 2.61. The summed E-state index contributed by atoms with van der Waals surface area (Å²) < 4.78 is 10.6. The zero-order valence-electron chi connectivity index (χ0n) is 18.5. The summed E-state index contributed by atoms with van der Waals surface area (Å²) in [5.41, 5.74) is 1.13. The van der Waals surface area contributed by atoms with Crippen molar-refractivity contribution in [2.75, 3.05) is 0 Å². The number of carbonyl (C=O) groups excluding carboxylic acids is 2. The minimum atomic E-state index is -0.836. The third-order valence-electron chi connectivity index (χ3n) is 3.35. The van der Waals surface area contributed by atoms with Crippen LogP contribution >= 0.6 is 0 Å². The van der Waals surface area contributed by atoms with Crippen molar-refractivity contribution in [1.82, 2.24) is 5.32 Å². The topological polar surface area (TPSA) is 64.6 Å². The molecule has 1 rings (SSSR count). The molecule has 0 aromatic heterocycles. The Morgan fingerprint density at radius 1 is 1.14 bits per heavy atom. The Morgan fingerprint density at radius 3 is 2.31 bits per heavy atom. The SMILES string of the molecule is C=C/C=C\C=C(/C)CC(NC(=O)OC(C)(C)C)C(=O)OCc1ccccc1.CC. The van der Waals surface area contributed by atoms with Gasteiger partial charge >= 0.3 is 12.1 Å². The van der Waals surface area contributed by atoms with E-state index in [9.17, 15) is 9.59 Å². The van der Waals surface area contributed by atoms with Gasteiger partial charge in [-0.1, -0.05) is 80.6 Å². The van der Waals surface area contributed by atoms with Crippen LogP contribution < -0.4 is 5.32 Å². The van der Waals surface area contributed by atoms with E-state index in [0.29, 0.717) is 6.42 Å². The van der Waals surface area contributed by atoms with E-state index in [1.165, 1.54) is 0 Å². The van der Waals surface area contributed by atoms with Crippen LogP contribution in [-0.2, 0) is 20.9 Å². The molecule has 0 saturated carbocycles. The molecule has 1 atom stereocenters. The highest BCUT2D eigenvalue weighted by Gasteiger charge is 2.25. The molecular weight excluding hydrogens is 366 g/mol. The van der Waals surface area contributed by atoms with Crippen LogP contribution in [0.4, 0.5) is 4.79 Å². The number of esters is 1. The lowest BCUT2D eigenvalue weighted by atomic mass is 10.1. The van der Waals surface area contributed by atoms with Crippen LogP contribution in [0, 0.1) is 0 Å². The molecule has 0 spiro atoms. The fourth-order valence-corrected chi connectivity index (χ4v) is 2.16. The Hall–Kier alpha value is -2.82. The second kappa shape index (κ2) is 14.2. The maximum absolute atomic E-state index is 12.5. The molecule has 0 aliphatic rings. The Kier molecular flexibility index (Phi) is 12.8. The Morgan fingerprint density at radius 2 is 1.76 bits per heavy atom. The van der Waals surface area contributed by atoms with E-state index in [0.717, 1.165) is 11.1 Å². The van der Waals surface area contributed by atoms with Gasteiger partial charge in [-0.2, -0.15) is 0 Å². The first kappa shape index (κ1) is 26.2. The van der Waals surface area contributed by atoms with Gasteiger partial charge in [0.1, 0.15) is 18.2 Å². The van der Waals surface area contributed by atoms with Gasteiger partial charge in [0.15, 0.2) is 0 Å². The highest BCUT2D eigenvalue weighted by atomic mass is 16.6. The fourth-order valence-electron chi connectivity index (χ4n) is 2.16. The standard InChI is InChI=1S/C22H29NO4.C2H6/c1-6-7-9-12-17(2)15-19(23-21(25)27-22(3,4)5)20(24)26-16-18-13-10-8-11-14-18;1-2/h6-14,19H,1,15-16H2,2-5H3,(H,23,25);1-2H3/b9-7-,17-12+;. The van der Waals surface area contributed by atoms with E-state index < -0.39 is 23.7 Å². The summed E-state index contributed by atoms with van der Waals surface area (Å²) in [7, 11) is 0. The van der Waals surface area contributed by atoms with E-state index in [4.69, 9.17) is 9.47 Å². The second-order valence-electron chi connectivity index (χ2n) is 7.13. The van der Waals surface area contributed by atoms with Crippen LogP contribution in [0.1, 0.15) is 53.5 Å². The van der Waals surface area contributed by atoms with Gasteiger partial charge in [0.25, 0.3) is 0 Å². The van der Waals surface area contributed by atoms with Crippen molar-refractivity contribution < 1.29 is 19.1 Å².